The predicted octanol–water partition coefficient (Wildman–Crippen LogP) is 2.26. The minimum atomic E-state index is -3.51. The number of carbonyl (C=O) groups is 1. The molecule has 0 aliphatic heterocycles. The predicted molar refractivity (Wildman–Crippen MR) is 91.0 cm³/mol. The van der Waals surface area contributed by atoms with Gasteiger partial charge in [-0.25, -0.2) is 12.7 Å². The van der Waals surface area contributed by atoms with E-state index in [0.29, 0.717) is 17.7 Å². The summed E-state index contributed by atoms with van der Waals surface area (Å²) in [4.78, 5) is 12.3. The fourth-order valence-corrected chi connectivity index (χ4v) is 2.89. The van der Waals surface area contributed by atoms with Crippen molar-refractivity contribution in [2.75, 3.05) is 19.4 Å². The highest BCUT2D eigenvalue weighted by Crippen LogP contribution is 2.16. The van der Waals surface area contributed by atoms with Gasteiger partial charge < -0.3 is 5.32 Å². The van der Waals surface area contributed by atoms with Crippen LogP contribution in [0.4, 0.5) is 5.69 Å². The maximum atomic E-state index is 12.2. The molecule has 0 radical (unpaired) electrons. The number of nitriles is 1. The van der Waals surface area contributed by atoms with E-state index in [1.165, 1.54) is 38.4 Å². The van der Waals surface area contributed by atoms with Gasteiger partial charge in [0.15, 0.2) is 0 Å². The first-order valence-corrected chi connectivity index (χ1v) is 8.58. The number of sulfonamides is 1. The molecule has 0 heterocycles. The van der Waals surface area contributed by atoms with Crippen molar-refractivity contribution in [1.82, 2.24) is 4.31 Å². The van der Waals surface area contributed by atoms with Crippen molar-refractivity contribution >= 4 is 21.6 Å². The molecule has 0 aromatic heterocycles. The second-order valence-corrected chi connectivity index (χ2v) is 7.45. The van der Waals surface area contributed by atoms with E-state index in [1.54, 1.807) is 24.3 Å². The Morgan fingerprint density at radius 2 is 1.67 bits per heavy atom. The minimum Gasteiger partial charge on any atom is -0.322 e. The zero-order chi connectivity index (χ0) is 17.7. The van der Waals surface area contributed by atoms with Crippen LogP contribution in [0.15, 0.2) is 53.4 Å². The highest BCUT2D eigenvalue weighted by Gasteiger charge is 2.17. The molecule has 1 amide bonds. The van der Waals surface area contributed by atoms with Gasteiger partial charge in [0.2, 0.25) is 10.0 Å². The van der Waals surface area contributed by atoms with Gasteiger partial charge in [-0.15, -0.1) is 0 Å². The summed E-state index contributed by atoms with van der Waals surface area (Å²) in [6.07, 6.45) is 0.316. The first-order valence-electron chi connectivity index (χ1n) is 7.14. The molecule has 0 bridgehead atoms. The lowest BCUT2D eigenvalue weighted by Gasteiger charge is -2.11. The van der Waals surface area contributed by atoms with Crippen LogP contribution >= 0.6 is 0 Å². The summed E-state index contributed by atoms with van der Waals surface area (Å²) in [6, 6.07) is 14.8. The Labute approximate surface area is 141 Å². The first kappa shape index (κ1) is 17.7. The van der Waals surface area contributed by atoms with Crippen LogP contribution in [0.1, 0.15) is 15.9 Å². The molecule has 0 unspecified atom stereocenters. The summed E-state index contributed by atoms with van der Waals surface area (Å²) in [6.45, 7) is 0. The average Bonchev–Trinajstić information content (AvgIpc) is 2.57. The number of nitrogens with zero attached hydrogens (tertiary/aromatic N) is 2. The third-order valence-electron chi connectivity index (χ3n) is 3.39. The number of anilines is 1. The number of hydrogen-bond donors (Lipinski definition) is 1. The maximum absolute atomic E-state index is 12.2. The number of nitrogens with one attached hydrogen (secondary N) is 1. The lowest BCUT2D eigenvalue weighted by atomic mass is 10.1. The van der Waals surface area contributed by atoms with Crippen LogP contribution in [0.2, 0.25) is 0 Å². The maximum Gasteiger partial charge on any atom is 0.255 e. The van der Waals surface area contributed by atoms with E-state index >= 15 is 0 Å². The van der Waals surface area contributed by atoms with E-state index in [4.69, 9.17) is 5.26 Å². The van der Waals surface area contributed by atoms with Crippen LogP contribution in [-0.2, 0) is 16.4 Å². The molecule has 0 aliphatic rings. The third kappa shape index (κ3) is 3.98. The summed E-state index contributed by atoms with van der Waals surface area (Å²) in [5, 5.41) is 11.4. The third-order valence-corrected chi connectivity index (χ3v) is 5.22. The Morgan fingerprint density at radius 3 is 2.17 bits per heavy atom. The summed E-state index contributed by atoms with van der Waals surface area (Å²) < 4.78 is 25.1. The number of rotatable bonds is 5. The Bertz CT molecular complexity index is 865. The molecule has 0 saturated carbocycles. The quantitative estimate of drug-likeness (QED) is 0.901. The van der Waals surface area contributed by atoms with Gasteiger partial charge in [-0.1, -0.05) is 12.1 Å². The molecule has 0 saturated heterocycles. The topological polar surface area (TPSA) is 90.3 Å². The van der Waals surface area contributed by atoms with Crippen LogP contribution in [0.3, 0.4) is 0 Å². The molecule has 24 heavy (non-hydrogen) atoms. The molecule has 0 spiro atoms. The standard InChI is InChI=1S/C17H17N3O3S/c1-20(2)24(22,23)16-9-5-14(6-10-16)17(21)19-15-7-3-13(4-8-15)11-12-18/h3-10H,11H2,1-2H3,(H,19,21). The summed E-state index contributed by atoms with van der Waals surface area (Å²) in [5.41, 5.74) is 1.83. The van der Waals surface area contributed by atoms with Crippen molar-refractivity contribution in [3.8, 4) is 6.07 Å². The van der Waals surface area contributed by atoms with Crippen molar-refractivity contribution in [2.45, 2.75) is 11.3 Å². The molecule has 1 N–H and O–H groups in total. The fraction of sp³-hybridized carbons (Fsp3) is 0.176. The normalized spacial score (nSPS) is 11.1. The Balaban J connectivity index is 2.12. The molecule has 2 rings (SSSR count). The molecule has 2 aromatic rings. The fourth-order valence-electron chi connectivity index (χ4n) is 1.99. The van der Waals surface area contributed by atoms with Crippen molar-refractivity contribution in [3.63, 3.8) is 0 Å². The number of benzene rings is 2. The van der Waals surface area contributed by atoms with Crippen LogP contribution in [-0.4, -0.2) is 32.7 Å². The molecule has 0 fully saturated rings. The molecular formula is C17H17N3O3S. The smallest absolute Gasteiger partial charge is 0.255 e. The Kier molecular flexibility index (Phi) is 5.34. The molecule has 7 heteroatoms. The molecule has 0 atom stereocenters. The van der Waals surface area contributed by atoms with Crippen molar-refractivity contribution in [3.05, 3.63) is 59.7 Å². The molecular weight excluding hydrogens is 326 g/mol. The van der Waals surface area contributed by atoms with Crippen molar-refractivity contribution < 1.29 is 13.2 Å². The molecule has 0 aliphatic carbocycles. The molecule has 2 aromatic carbocycles. The van der Waals surface area contributed by atoms with Gasteiger partial charge in [0.25, 0.3) is 5.91 Å². The largest absolute Gasteiger partial charge is 0.322 e. The minimum absolute atomic E-state index is 0.130. The lowest BCUT2D eigenvalue weighted by molar-refractivity contribution is 0.102. The SMILES string of the molecule is CN(C)S(=O)(=O)c1ccc(C(=O)Nc2ccc(CC#N)cc2)cc1. The number of hydrogen-bond acceptors (Lipinski definition) is 4. The van der Waals surface area contributed by atoms with E-state index in [2.05, 4.69) is 11.4 Å². The summed E-state index contributed by atoms with van der Waals surface area (Å²) in [7, 11) is -0.613. The van der Waals surface area contributed by atoms with Gasteiger partial charge in [-0.3, -0.25) is 4.79 Å². The second kappa shape index (κ2) is 7.25. The van der Waals surface area contributed by atoms with E-state index < -0.39 is 10.0 Å². The summed E-state index contributed by atoms with van der Waals surface area (Å²) >= 11 is 0. The Morgan fingerprint density at radius 1 is 1.08 bits per heavy atom. The highest BCUT2D eigenvalue weighted by molar-refractivity contribution is 7.89. The Hall–Kier alpha value is -2.69. The second-order valence-electron chi connectivity index (χ2n) is 5.30. The van der Waals surface area contributed by atoms with Crippen molar-refractivity contribution in [2.24, 2.45) is 0 Å². The van der Waals surface area contributed by atoms with Crippen LogP contribution < -0.4 is 5.32 Å². The highest BCUT2D eigenvalue weighted by atomic mass is 32.2. The van der Waals surface area contributed by atoms with Crippen LogP contribution in [0.25, 0.3) is 0 Å². The van der Waals surface area contributed by atoms with Crippen molar-refractivity contribution in [1.29, 1.82) is 5.26 Å². The van der Waals surface area contributed by atoms with Gasteiger partial charge in [0.1, 0.15) is 0 Å². The zero-order valence-corrected chi connectivity index (χ0v) is 14.2. The van der Waals surface area contributed by atoms with Gasteiger partial charge >= 0.3 is 0 Å². The number of amides is 1. The van der Waals surface area contributed by atoms with Gasteiger partial charge in [0.05, 0.1) is 17.4 Å². The first-order chi connectivity index (χ1) is 11.3. The molecule has 124 valence electrons. The van der Waals surface area contributed by atoms with Crippen LogP contribution in [0, 0.1) is 11.3 Å². The van der Waals surface area contributed by atoms with Gasteiger partial charge in [-0.05, 0) is 42.0 Å². The van der Waals surface area contributed by atoms with E-state index in [0.717, 1.165) is 9.87 Å². The zero-order valence-electron chi connectivity index (χ0n) is 13.4. The lowest BCUT2D eigenvalue weighted by Crippen LogP contribution is -2.22. The monoisotopic (exact) mass is 343 g/mol. The van der Waals surface area contributed by atoms with E-state index in [1.807, 2.05) is 0 Å². The number of carbonyl (C=O) groups excluding carboxylic acids is 1. The average molecular weight is 343 g/mol. The van der Waals surface area contributed by atoms with Gasteiger partial charge in [0, 0.05) is 25.3 Å². The summed E-state index contributed by atoms with van der Waals surface area (Å²) in [5.74, 6) is -0.336. The molecule has 6 nitrogen and oxygen atoms in total. The van der Waals surface area contributed by atoms with Crippen LogP contribution in [0.5, 0.6) is 0 Å². The van der Waals surface area contributed by atoms with E-state index in [-0.39, 0.29) is 10.8 Å². The van der Waals surface area contributed by atoms with Gasteiger partial charge in [-0.2, -0.15) is 5.26 Å². The van der Waals surface area contributed by atoms with E-state index in [9.17, 15) is 13.2 Å².